The van der Waals surface area contributed by atoms with E-state index in [0.29, 0.717) is 35.8 Å². The Hall–Kier alpha value is -5.47. The van der Waals surface area contributed by atoms with Crippen molar-refractivity contribution >= 4 is 78.5 Å². The molecule has 12 rings (SSSR count). The molecule has 4 heterocycles. The minimum Gasteiger partial charge on any atom is -0.458 e. The number of rotatable bonds is 4. The van der Waals surface area contributed by atoms with Gasteiger partial charge in [-0.05, 0) is 147 Å². The lowest BCUT2D eigenvalue weighted by Crippen LogP contribution is -2.58. The topological polar surface area (TPSA) is 18.5 Å². The molecule has 4 aliphatic rings. The minimum atomic E-state index is -0.0623. The van der Waals surface area contributed by atoms with E-state index in [9.17, 15) is 2.74 Å². The smallest absolute Gasteiger partial charge is 0.252 e. The molecule has 8 aromatic carbocycles. The Kier molecular flexibility index (Phi) is 6.09. The summed E-state index contributed by atoms with van der Waals surface area (Å²) in [6, 6.07) is 32.8. The monoisotopic (exact) mass is 724 g/mol. The first-order valence-electron chi connectivity index (χ1n) is 21.7. The van der Waals surface area contributed by atoms with Gasteiger partial charge in [0.05, 0.1) is 2.74 Å². The molecule has 0 N–H and O–H groups in total. The zero-order chi connectivity index (χ0) is 39.8. The van der Waals surface area contributed by atoms with Gasteiger partial charge in [0.1, 0.15) is 23.0 Å². The molecule has 0 radical (unpaired) electrons. The van der Waals surface area contributed by atoms with Crippen LogP contribution < -0.4 is 42.3 Å². The summed E-state index contributed by atoms with van der Waals surface area (Å²) in [6.07, 6.45) is 0. The largest absolute Gasteiger partial charge is 0.458 e. The molecular formula is C52H44B2O2. The maximum absolute atomic E-state index is 9.88. The maximum atomic E-state index is 9.88. The molecule has 270 valence electrons. The average molecular weight is 725 g/mol. The van der Waals surface area contributed by atoms with Gasteiger partial charge in [-0.2, -0.15) is 0 Å². The third kappa shape index (κ3) is 4.15. The van der Waals surface area contributed by atoms with Crippen molar-refractivity contribution in [2.45, 2.75) is 79.1 Å². The van der Waals surface area contributed by atoms with Crippen LogP contribution in [0.2, 0.25) is 0 Å². The molecule has 0 saturated carbocycles. The molecule has 8 aromatic rings. The van der Waals surface area contributed by atoms with Crippen molar-refractivity contribution in [1.29, 1.82) is 0 Å². The summed E-state index contributed by atoms with van der Waals surface area (Å²) < 4.78 is 33.6. The predicted molar refractivity (Wildman–Crippen MR) is 240 cm³/mol. The van der Waals surface area contributed by atoms with Crippen LogP contribution >= 0.6 is 0 Å². The van der Waals surface area contributed by atoms with Crippen LogP contribution in [0.15, 0.2) is 97.0 Å². The van der Waals surface area contributed by atoms with Crippen LogP contribution in [0.1, 0.15) is 104 Å². The lowest BCUT2D eigenvalue weighted by Gasteiger charge is -2.37. The van der Waals surface area contributed by atoms with E-state index in [1.54, 1.807) is 0 Å². The highest BCUT2D eigenvalue weighted by Crippen LogP contribution is 2.47. The molecule has 0 fully saturated rings. The zero-order valence-electron chi connectivity index (χ0n) is 35.4. The molecule has 0 amide bonds. The van der Waals surface area contributed by atoms with Gasteiger partial charge in [-0.15, -0.1) is 0 Å². The second-order valence-corrected chi connectivity index (χ2v) is 18.2. The molecule has 2 nitrogen and oxygen atoms in total. The van der Waals surface area contributed by atoms with E-state index in [4.69, 9.17) is 9.47 Å². The summed E-state index contributed by atoms with van der Waals surface area (Å²) in [5.41, 5.74) is 16.6. The standard InChI is InChI=1S/C52H44B2O2/c1-25(2)29-11-15-39-43(21-29)55-45-23-33(27(5)6)17-37-35-13-10-32-20-42-50-36(14-9-31-19-41(53(39)51(37)45)49(35)47(32)48(31)50)38-18-34(28(7)8)24-46-52(38)54(42)40-16-12-30(26(3)4)22-44(40)56-46/h9-28H,1-8H3/i9D,10D. The van der Waals surface area contributed by atoms with Gasteiger partial charge in [-0.3, -0.25) is 0 Å². The fraction of sp³-hybridized carbons (Fsp3) is 0.231. The molecule has 0 aliphatic carbocycles. The van der Waals surface area contributed by atoms with Crippen LogP contribution in [0.4, 0.5) is 0 Å². The Balaban J connectivity index is 1.25. The van der Waals surface area contributed by atoms with E-state index < -0.39 is 0 Å². The van der Waals surface area contributed by atoms with Gasteiger partial charge in [0.2, 0.25) is 0 Å². The van der Waals surface area contributed by atoms with Crippen molar-refractivity contribution in [3.05, 3.63) is 119 Å². The summed E-state index contributed by atoms with van der Waals surface area (Å²) in [4.78, 5) is 0. The lowest BCUT2D eigenvalue weighted by molar-refractivity contribution is 0.485. The normalized spacial score (nSPS) is 14.7. The molecule has 4 aliphatic heterocycles. The fourth-order valence-electron chi connectivity index (χ4n) is 10.6. The molecular weight excluding hydrogens is 678 g/mol. The van der Waals surface area contributed by atoms with Crippen LogP contribution in [-0.2, 0) is 0 Å². The van der Waals surface area contributed by atoms with E-state index in [1.165, 1.54) is 76.9 Å². The van der Waals surface area contributed by atoms with Gasteiger partial charge in [0.15, 0.2) is 0 Å². The fourth-order valence-corrected chi connectivity index (χ4v) is 10.6. The molecule has 4 heteroatoms. The Labute approximate surface area is 333 Å². The Morgan fingerprint density at radius 2 is 0.786 bits per heavy atom. The van der Waals surface area contributed by atoms with Crippen LogP contribution in [-0.4, -0.2) is 13.4 Å². The predicted octanol–water partition coefficient (Wildman–Crippen LogP) is 10.3. The molecule has 0 bridgehead atoms. The van der Waals surface area contributed by atoms with Gasteiger partial charge in [0, 0.05) is 0 Å². The van der Waals surface area contributed by atoms with Crippen molar-refractivity contribution in [3.63, 3.8) is 0 Å². The average Bonchev–Trinajstić information content (AvgIpc) is 3.20. The summed E-state index contributed by atoms with van der Waals surface area (Å²) in [5.74, 6) is 5.01. The van der Waals surface area contributed by atoms with Gasteiger partial charge in [0.25, 0.3) is 13.4 Å². The van der Waals surface area contributed by atoms with E-state index in [-0.39, 0.29) is 13.4 Å². The maximum Gasteiger partial charge on any atom is 0.252 e. The first-order chi connectivity index (χ1) is 27.9. The van der Waals surface area contributed by atoms with Crippen molar-refractivity contribution in [2.24, 2.45) is 0 Å². The molecule has 0 spiro atoms. The summed E-state index contributed by atoms with van der Waals surface area (Å²) in [7, 11) is 0. The summed E-state index contributed by atoms with van der Waals surface area (Å²) in [5, 5.41) is 6.55. The number of fused-ring (bicyclic) bond motifs is 8. The van der Waals surface area contributed by atoms with Crippen molar-refractivity contribution < 1.29 is 12.2 Å². The van der Waals surface area contributed by atoms with Crippen LogP contribution in [0.25, 0.3) is 54.6 Å². The Bertz CT molecular complexity index is 2960. The van der Waals surface area contributed by atoms with Crippen molar-refractivity contribution in [1.82, 2.24) is 0 Å². The first-order valence-corrected chi connectivity index (χ1v) is 20.7. The van der Waals surface area contributed by atoms with Crippen molar-refractivity contribution in [2.75, 3.05) is 0 Å². The Morgan fingerprint density at radius 1 is 0.393 bits per heavy atom. The van der Waals surface area contributed by atoms with E-state index in [0.717, 1.165) is 55.7 Å². The summed E-state index contributed by atoms with van der Waals surface area (Å²) in [6.45, 7) is 17.8. The highest BCUT2D eigenvalue weighted by molar-refractivity contribution is 7.01. The molecule has 56 heavy (non-hydrogen) atoms. The Morgan fingerprint density at radius 3 is 1.18 bits per heavy atom. The molecule has 0 saturated heterocycles. The summed E-state index contributed by atoms with van der Waals surface area (Å²) >= 11 is 0. The number of ether oxygens (including phenoxy) is 2. The van der Waals surface area contributed by atoms with Gasteiger partial charge >= 0.3 is 0 Å². The van der Waals surface area contributed by atoms with E-state index in [1.807, 2.05) is 0 Å². The minimum absolute atomic E-state index is 0.0623. The third-order valence-electron chi connectivity index (χ3n) is 13.7. The molecule has 0 atom stereocenters. The third-order valence-corrected chi connectivity index (χ3v) is 13.7. The van der Waals surface area contributed by atoms with E-state index in [2.05, 4.69) is 140 Å². The second kappa shape index (κ2) is 11.1. The van der Waals surface area contributed by atoms with Crippen LogP contribution in [0.3, 0.4) is 0 Å². The zero-order valence-corrected chi connectivity index (χ0v) is 33.4. The lowest BCUT2D eigenvalue weighted by atomic mass is 9.32. The van der Waals surface area contributed by atoms with Gasteiger partial charge in [-0.1, -0.05) is 139 Å². The SMILES string of the molecule is [2H]c1cc2c3c(cc4c([2H])cc5c6c(cc1c3c46)B1c3ccc(C(C)C)cc3Oc3cc(C(C)C)cc-5c31)B1c3ccc(C(C)C)cc3Oc3cc(C(C)C)cc-2c31. The second-order valence-electron chi connectivity index (χ2n) is 18.2. The highest BCUT2D eigenvalue weighted by Gasteiger charge is 2.43. The van der Waals surface area contributed by atoms with E-state index >= 15 is 0 Å². The highest BCUT2D eigenvalue weighted by atomic mass is 16.5. The van der Waals surface area contributed by atoms with Crippen molar-refractivity contribution in [3.8, 4) is 45.3 Å². The number of hydrogen-bond acceptors (Lipinski definition) is 2. The number of benzene rings is 8. The quantitative estimate of drug-likeness (QED) is 0.133. The first kappa shape index (κ1) is 30.7. The molecule has 0 aromatic heterocycles. The van der Waals surface area contributed by atoms with Gasteiger partial charge < -0.3 is 9.47 Å². The molecule has 0 unspecified atom stereocenters. The van der Waals surface area contributed by atoms with Gasteiger partial charge in [-0.25, -0.2) is 0 Å². The number of hydrogen-bond donors (Lipinski definition) is 0. The van der Waals surface area contributed by atoms with Crippen LogP contribution in [0, 0.1) is 0 Å². The van der Waals surface area contributed by atoms with Crippen LogP contribution in [0.5, 0.6) is 23.0 Å².